The topological polar surface area (TPSA) is 114 Å². The predicted octanol–water partition coefficient (Wildman–Crippen LogP) is 3.99. The lowest BCUT2D eigenvalue weighted by molar-refractivity contribution is -0.150. The summed E-state index contributed by atoms with van der Waals surface area (Å²) in [7, 11) is 1.24. The van der Waals surface area contributed by atoms with Gasteiger partial charge < -0.3 is 25.0 Å². The maximum atomic E-state index is 14.2. The van der Waals surface area contributed by atoms with Crippen LogP contribution in [0, 0.1) is 6.92 Å². The van der Waals surface area contributed by atoms with Crippen LogP contribution >= 0.6 is 11.8 Å². The van der Waals surface area contributed by atoms with Gasteiger partial charge in [-0.3, -0.25) is 14.4 Å². The average molecular weight is 538 g/mol. The largest absolute Gasteiger partial charge is 0.468 e. The molecule has 1 aromatic carbocycles. The molecule has 0 aromatic heterocycles. The molecular formula is C27H43N3O6S. The summed E-state index contributed by atoms with van der Waals surface area (Å²) in [5.41, 5.74) is -0.00687. The minimum Gasteiger partial charge on any atom is -0.468 e. The number of hydrogen-bond donors (Lipinski definition) is 2. The summed E-state index contributed by atoms with van der Waals surface area (Å²) < 4.78 is 10.1. The third-order valence-corrected chi connectivity index (χ3v) is 6.50. The van der Waals surface area contributed by atoms with Crippen molar-refractivity contribution in [3.05, 3.63) is 35.4 Å². The van der Waals surface area contributed by atoms with Crippen molar-refractivity contribution in [3.8, 4) is 0 Å². The van der Waals surface area contributed by atoms with Gasteiger partial charge in [-0.15, -0.1) is 0 Å². The Morgan fingerprint density at radius 3 is 2.27 bits per heavy atom. The van der Waals surface area contributed by atoms with Crippen molar-refractivity contribution < 1.29 is 28.7 Å². The lowest BCUT2D eigenvalue weighted by Gasteiger charge is -2.44. The molecular weight excluding hydrogens is 494 g/mol. The Balaban J connectivity index is 3.59. The van der Waals surface area contributed by atoms with Crippen LogP contribution < -0.4 is 10.6 Å². The van der Waals surface area contributed by atoms with E-state index in [1.807, 2.05) is 52.1 Å². The van der Waals surface area contributed by atoms with Gasteiger partial charge in [0.25, 0.3) is 0 Å². The summed E-state index contributed by atoms with van der Waals surface area (Å²) in [6.45, 7) is 12.5. The molecule has 0 saturated carbocycles. The molecule has 2 atom stereocenters. The number of aryl methyl sites for hydroxylation is 1. The second kappa shape index (κ2) is 14.3. The summed E-state index contributed by atoms with van der Waals surface area (Å²) in [4.78, 5) is 53.8. The molecule has 0 aliphatic heterocycles. The van der Waals surface area contributed by atoms with Gasteiger partial charge in [0.05, 0.1) is 7.11 Å². The molecule has 37 heavy (non-hydrogen) atoms. The maximum Gasteiger partial charge on any atom is 0.408 e. The van der Waals surface area contributed by atoms with Gasteiger partial charge in [-0.2, -0.15) is 11.8 Å². The van der Waals surface area contributed by atoms with Crippen molar-refractivity contribution in [2.24, 2.45) is 0 Å². The van der Waals surface area contributed by atoms with Gasteiger partial charge in [-0.25, -0.2) is 4.79 Å². The van der Waals surface area contributed by atoms with Crippen LogP contribution in [0.4, 0.5) is 4.79 Å². The number of carbonyl (C=O) groups excluding carboxylic acids is 4. The van der Waals surface area contributed by atoms with Gasteiger partial charge in [-0.05, 0) is 72.0 Å². The van der Waals surface area contributed by atoms with Crippen LogP contribution in [0.25, 0.3) is 0 Å². The van der Waals surface area contributed by atoms with Crippen molar-refractivity contribution in [3.63, 3.8) is 0 Å². The zero-order valence-electron chi connectivity index (χ0n) is 23.6. The van der Waals surface area contributed by atoms with Crippen molar-refractivity contribution >= 4 is 35.6 Å². The van der Waals surface area contributed by atoms with Gasteiger partial charge in [0.1, 0.15) is 24.2 Å². The maximum absolute atomic E-state index is 14.2. The number of esters is 1. The molecule has 1 rings (SSSR count). The minimum absolute atomic E-state index is 0.335. The molecule has 0 spiro atoms. The molecule has 0 bridgehead atoms. The number of methoxy groups -OCH3 is 1. The van der Waals surface area contributed by atoms with Gasteiger partial charge in [0.2, 0.25) is 11.8 Å². The van der Waals surface area contributed by atoms with Crippen molar-refractivity contribution in [1.82, 2.24) is 15.5 Å². The second-order valence-corrected chi connectivity index (χ2v) is 11.5. The number of rotatable bonds is 12. The number of nitrogens with zero attached hydrogens (tertiary/aromatic N) is 1. The lowest BCUT2D eigenvalue weighted by atomic mass is 9.91. The average Bonchev–Trinajstić information content (AvgIpc) is 2.81. The van der Waals surface area contributed by atoms with Crippen LogP contribution in [0.15, 0.2) is 24.3 Å². The number of thioether (sulfide) groups is 1. The Morgan fingerprint density at radius 2 is 1.76 bits per heavy atom. The third kappa shape index (κ3) is 10.3. The van der Waals surface area contributed by atoms with E-state index in [4.69, 9.17) is 4.74 Å². The third-order valence-electron chi connectivity index (χ3n) is 5.85. The number of alkyl carbamates (subject to hydrolysis) is 1. The first-order valence-electron chi connectivity index (χ1n) is 12.4. The number of benzene rings is 1. The zero-order valence-corrected chi connectivity index (χ0v) is 24.4. The smallest absolute Gasteiger partial charge is 0.408 e. The highest BCUT2D eigenvalue weighted by Gasteiger charge is 2.43. The first-order chi connectivity index (χ1) is 17.2. The van der Waals surface area contributed by atoms with E-state index in [-0.39, 0.29) is 6.54 Å². The quantitative estimate of drug-likeness (QED) is 0.388. The monoisotopic (exact) mass is 537 g/mol. The minimum atomic E-state index is -1.05. The summed E-state index contributed by atoms with van der Waals surface area (Å²) in [6, 6.07) is 5.36. The van der Waals surface area contributed by atoms with E-state index in [9.17, 15) is 19.2 Å². The van der Waals surface area contributed by atoms with E-state index in [1.165, 1.54) is 12.0 Å². The van der Waals surface area contributed by atoms with E-state index >= 15 is 0 Å². The Hall–Kier alpha value is -2.75. The number of carbonyl (C=O) groups is 4. The predicted molar refractivity (Wildman–Crippen MR) is 146 cm³/mol. The van der Waals surface area contributed by atoms with E-state index in [2.05, 4.69) is 15.4 Å². The van der Waals surface area contributed by atoms with Gasteiger partial charge in [-0.1, -0.05) is 36.8 Å². The highest BCUT2D eigenvalue weighted by molar-refractivity contribution is 7.98. The van der Waals surface area contributed by atoms with Gasteiger partial charge >= 0.3 is 12.1 Å². The summed E-state index contributed by atoms with van der Waals surface area (Å²) in [5.74, 6) is -0.928. The summed E-state index contributed by atoms with van der Waals surface area (Å²) >= 11 is 1.55. The lowest BCUT2D eigenvalue weighted by Crippen LogP contribution is -2.59. The van der Waals surface area contributed by atoms with Crippen LogP contribution in [-0.2, 0) is 23.9 Å². The zero-order chi connectivity index (χ0) is 28.4. The first-order valence-corrected chi connectivity index (χ1v) is 13.8. The second-order valence-electron chi connectivity index (χ2n) is 10.5. The summed E-state index contributed by atoms with van der Waals surface area (Å²) in [6.07, 6.45) is 2.09. The first kappa shape index (κ1) is 32.3. The van der Waals surface area contributed by atoms with Crippen LogP contribution in [0.1, 0.15) is 71.6 Å². The molecule has 2 unspecified atom stereocenters. The molecule has 9 nitrogen and oxygen atoms in total. The molecule has 0 fully saturated rings. The van der Waals surface area contributed by atoms with E-state index in [0.717, 1.165) is 5.56 Å². The van der Waals surface area contributed by atoms with Gasteiger partial charge in [0, 0.05) is 5.54 Å². The standard InChI is InChI=1S/C27H43N3O6S/c1-10-27(6,7)30(24(33)20(14-15-37-9)29-25(34)36-26(3,4)5)22(19-13-11-12-18(2)16-19)23(32)28-17-21(31)35-8/h11-13,16,20,22H,10,14-15,17H2,1-9H3,(H,28,32)(H,29,34). The normalized spacial score (nSPS) is 13.2. The molecule has 0 aliphatic rings. The number of ether oxygens (including phenoxy) is 2. The van der Waals surface area contributed by atoms with E-state index in [1.54, 1.807) is 38.6 Å². The number of nitrogens with one attached hydrogen (secondary N) is 2. The SMILES string of the molecule is CCC(C)(C)N(C(=O)C(CCSC)NC(=O)OC(C)(C)C)C(C(=O)NCC(=O)OC)c1cccc(C)c1. The summed E-state index contributed by atoms with van der Waals surface area (Å²) in [5, 5.41) is 5.34. The molecule has 0 heterocycles. The van der Waals surface area contributed by atoms with Crippen molar-refractivity contribution in [2.75, 3.05) is 25.7 Å². The van der Waals surface area contributed by atoms with Crippen molar-refractivity contribution in [1.29, 1.82) is 0 Å². The highest BCUT2D eigenvalue weighted by Crippen LogP contribution is 2.33. The number of hydrogen-bond acceptors (Lipinski definition) is 7. The highest BCUT2D eigenvalue weighted by atomic mass is 32.2. The molecule has 2 N–H and O–H groups in total. The molecule has 208 valence electrons. The van der Waals surface area contributed by atoms with Crippen molar-refractivity contribution in [2.45, 2.75) is 84.5 Å². The Morgan fingerprint density at radius 1 is 1.11 bits per heavy atom. The Bertz CT molecular complexity index is 944. The molecule has 0 aliphatic carbocycles. The molecule has 0 saturated heterocycles. The molecule has 3 amide bonds. The van der Waals surface area contributed by atoms with Crippen LogP contribution in [0.2, 0.25) is 0 Å². The fourth-order valence-electron chi connectivity index (χ4n) is 3.64. The van der Waals surface area contributed by atoms with Crippen LogP contribution in [-0.4, -0.2) is 71.6 Å². The van der Waals surface area contributed by atoms with Crippen LogP contribution in [0.3, 0.4) is 0 Å². The molecule has 0 radical (unpaired) electrons. The van der Waals surface area contributed by atoms with E-state index in [0.29, 0.717) is 24.2 Å². The Kier molecular flexibility index (Phi) is 12.4. The van der Waals surface area contributed by atoms with Gasteiger partial charge in [0.15, 0.2) is 0 Å². The fourth-order valence-corrected chi connectivity index (χ4v) is 4.11. The Labute approximate surface area is 225 Å². The van der Waals surface area contributed by atoms with Crippen LogP contribution in [0.5, 0.6) is 0 Å². The number of amides is 3. The molecule has 1 aromatic rings. The van der Waals surface area contributed by atoms with E-state index < -0.39 is 47.1 Å². The fraction of sp³-hybridized carbons (Fsp3) is 0.630. The molecule has 10 heteroatoms.